The SMILES string of the molecule is Cc1ccc(-c2cc(C(=O)N3CCCC(C(C)N)C3)c3ccccc3n2)c(C)c1.Cl.Cl. The monoisotopic (exact) mass is 459 g/mol. The summed E-state index contributed by atoms with van der Waals surface area (Å²) >= 11 is 0. The van der Waals surface area contributed by atoms with Gasteiger partial charge >= 0.3 is 0 Å². The third-order valence-corrected chi connectivity index (χ3v) is 6.09. The number of rotatable bonds is 3. The van der Waals surface area contributed by atoms with Crippen LogP contribution in [0.2, 0.25) is 0 Å². The van der Waals surface area contributed by atoms with Gasteiger partial charge in [-0.2, -0.15) is 0 Å². The smallest absolute Gasteiger partial charge is 0.254 e. The average molecular weight is 460 g/mol. The maximum absolute atomic E-state index is 13.6. The van der Waals surface area contributed by atoms with Crippen LogP contribution < -0.4 is 5.73 Å². The molecule has 2 aromatic carbocycles. The predicted octanol–water partition coefficient (Wildman–Crippen LogP) is 5.56. The number of likely N-dealkylation sites (tertiary alicyclic amines) is 1. The van der Waals surface area contributed by atoms with E-state index in [1.807, 2.05) is 42.2 Å². The normalized spacial score (nSPS) is 16.9. The van der Waals surface area contributed by atoms with Crippen LogP contribution in [0.15, 0.2) is 48.5 Å². The number of amides is 1. The fourth-order valence-electron chi connectivity index (χ4n) is 4.39. The van der Waals surface area contributed by atoms with E-state index in [1.165, 1.54) is 11.1 Å². The van der Waals surface area contributed by atoms with Crippen molar-refractivity contribution < 1.29 is 4.79 Å². The minimum Gasteiger partial charge on any atom is -0.338 e. The number of piperidine rings is 1. The van der Waals surface area contributed by atoms with Gasteiger partial charge in [0, 0.05) is 30.1 Å². The molecule has 3 aromatic rings. The van der Waals surface area contributed by atoms with Crippen LogP contribution in [0.5, 0.6) is 0 Å². The number of nitrogens with zero attached hydrogens (tertiary/aromatic N) is 2. The minimum atomic E-state index is 0. The van der Waals surface area contributed by atoms with Gasteiger partial charge in [0.2, 0.25) is 0 Å². The molecule has 2 N–H and O–H groups in total. The maximum Gasteiger partial charge on any atom is 0.254 e. The van der Waals surface area contributed by atoms with Crippen molar-refractivity contribution in [2.75, 3.05) is 13.1 Å². The third kappa shape index (κ3) is 5.20. The number of nitrogens with two attached hydrogens (primary N) is 1. The van der Waals surface area contributed by atoms with Crippen LogP contribution in [0.4, 0.5) is 0 Å². The zero-order valence-electron chi connectivity index (χ0n) is 18.3. The highest BCUT2D eigenvalue weighted by Crippen LogP contribution is 2.29. The van der Waals surface area contributed by atoms with Gasteiger partial charge in [-0.3, -0.25) is 4.79 Å². The summed E-state index contributed by atoms with van der Waals surface area (Å²) in [6.07, 6.45) is 2.09. The highest BCUT2D eigenvalue weighted by Gasteiger charge is 2.27. The Hall–Kier alpha value is -2.14. The fourth-order valence-corrected chi connectivity index (χ4v) is 4.39. The van der Waals surface area contributed by atoms with Crippen molar-refractivity contribution in [2.24, 2.45) is 11.7 Å². The van der Waals surface area contributed by atoms with E-state index in [1.54, 1.807) is 0 Å². The second-order valence-electron chi connectivity index (χ2n) is 8.40. The van der Waals surface area contributed by atoms with Crippen molar-refractivity contribution in [3.8, 4) is 11.3 Å². The van der Waals surface area contributed by atoms with Crippen LogP contribution in [0, 0.1) is 19.8 Å². The molecule has 31 heavy (non-hydrogen) atoms. The van der Waals surface area contributed by atoms with E-state index in [4.69, 9.17) is 10.7 Å². The summed E-state index contributed by atoms with van der Waals surface area (Å²) in [4.78, 5) is 20.4. The Morgan fingerprint density at radius 2 is 1.87 bits per heavy atom. The highest BCUT2D eigenvalue weighted by molar-refractivity contribution is 6.07. The molecule has 1 amide bonds. The molecule has 0 saturated carbocycles. The predicted molar refractivity (Wildman–Crippen MR) is 133 cm³/mol. The van der Waals surface area contributed by atoms with Gasteiger partial charge in [0.05, 0.1) is 16.8 Å². The second kappa shape index (κ2) is 10.4. The topological polar surface area (TPSA) is 59.2 Å². The summed E-state index contributed by atoms with van der Waals surface area (Å²) in [7, 11) is 0. The summed E-state index contributed by atoms with van der Waals surface area (Å²) < 4.78 is 0. The molecule has 1 aromatic heterocycles. The van der Waals surface area contributed by atoms with E-state index in [-0.39, 0.29) is 36.8 Å². The van der Waals surface area contributed by atoms with Gasteiger partial charge in [-0.25, -0.2) is 4.98 Å². The lowest BCUT2D eigenvalue weighted by atomic mass is 9.91. The Labute approximate surface area is 197 Å². The third-order valence-electron chi connectivity index (χ3n) is 6.09. The van der Waals surface area contributed by atoms with E-state index in [0.717, 1.165) is 53.7 Å². The van der Waals surface area contributed by atoms with Gasteiger partial charge in [0.15, 0.2) is 0 Å². The highest BCUT2D eigenvalue weighted by atomic mass is 35.5. The van der Waals surface area contributed by atoms with Crippen molar-refractivity contribution in [1.29, 1.82) is 0 Å². The van der Waals surface area contributed by atoms with Gasteiger partial charge in [0.1, 0.15) is 0 Å². The molecule has 0 bridgehead atoms. The van der Waals surface area contributed by atoms with E-state index in [9.17, 15) is 4.79 Å². The molecule has 4 nitrogen and oxygen atoms in total. The molecule has 166 valence electrons. The molecular weight excluding hydrogens is 429 g/mol. The van der Waals surface area contributed by atoms with Gasteiger partial charge in [-0.15, -0.1) is 24.8 Å². The first kappa shape index (κ1) is 25.1. The number of hydrogen-bond acceptors (Lipinski definition) is 3. The number of halogens is 2. The van der Waals surface area contributed by atoms with Crippen LogP contribution >= 0.6 is 24.8 Å². The lowest BCUT2D eigenvalue weighted by Gasteiger charge is -2.35. The van der Waals surface area contributed by atoms with Crippen molar-refractivity contribution in [3.05, 3.63) is 65.2 Å². The first-order valence-electron chi connectivity index (χ1n) is 10.5. The second-order valence-corrected chi connectivity index (χ2v) is 8.40. The Morgan fingerprint density at radius 1 is 1.13 bits per heavy atom. The van der Waals surface area contributed by atoms with Crippen LogP contribution in [0.3, 0.4) is 0 Å². The number of aromatic nitrogens is 1. The van der Waals surface area contributed by atoms with E-state index in [0.29, 0.717) is 5.92 Å². The van der Waals surface area contributed by atoms with Crippen molar-refractivity contribution in [2.45, 2.75) is 39.7 Å². The van der Waals surface area contributed by atoms with Crippen LogP contribution in [-0.2, 0) is 0 Å². The molecule has 1 aliphatic rings. The Bertz CT molecular complexity index is 1070. The molecule has 2 heterocycles. The maximum atomic E-state index is 13.6. The van der Waals surface area contributed by atoms with Gasteiger partial charge < -0.3 is 10.6 Å². The largest absolute Gasteiger partial charge is 0.338 e. The number of fused-ring (bicyclic) bond motifs is 1. The molecule has 6 heteroatoms. The number of hydrogen-bond donors (Lipinski definition) is 1. The zero-order chi connectivity index (χ0) is 20.5. The summed E-state index contributed by atoms with van der Waals surface area (Å²) in [6.45, 7) is 7.74. The Kier molecular flexibility index (Phi) is 8.47. The summed E-state index contributed by atoms with van der Waals surface area (Å²) in [5.74, 6) is 0.444. The quantitative estimate of drug-likeness (QED) is 0.557. The van der Waals surface area contributed by atoms with Gasteiger partial charge in [-0.05, 0) is 57.2 Å². The molecular formula is C25H31Cl2N3O. The van der Waals surface area contributed by atoms with Crippen LogP contribution in [0.1, 0.15) is 41.3 Å². The first-order chi connectivity index (χ1) is 13.9. The van der Waals surface area contributed by atoms with E-state index in [2.05, 4.69) is 32.0 Å². The molecule has 0 spiro atoms. The van der Waals surface area contributed by atoms with Crippen molar-refractivity contribution in [1.82, 2.24) is 9.88 Å². The lowest BCUT2D eigenvalue weighted by molar-refractivity contribution is 0.0663. The van der Waals surface area contributed by atoms with E-state index < -0.39 is 0 Å². The van der Waals surface area contributed by atoms with Gasteiger partial charge in [0.25, 0.3) is 5.91 Å². The Morgan fingerprint density at radius 3 is 2.58 bits per heavy atom. The number of para-hydroxylation sites is 1. The van der Waals surface area contributed by atoms with Crippen LogP contribution in [-0.4, -0.2) is 34.9 Å². The van der Waals surface area contributed by atoms with Crippen LogP contribution in [0.25, 0.3) is 22.2 Å². The molecule has 1 saturated heterocycles. The fraction of sp³-hybridized carbons (Fsp3) is 0.360. The van der Waals surface area contributed by atoms with Gasteiger partial charge in [-0.1, -0.05) is 42.0 Å². The number of carbonyl (C=O) groups is 1. The molecule has 1 fully saturated rings. The lowest BCUT2D eigenvalue weighted by Crippen LogP contribution is -2.45. The van der Waals surface area contributed by atoms with Crippen molar-refractivity contribution >= 4 is 41.6 Å². The van der Waals surface area contributed by atoms with Crippen molar-refractivity contribution in [3.63, 3.8) is 0 Å². The standard InChI is InChI=1S/C25H29N3O.2ClH/c1-16-10-11-20(17(2)13-16)24-14-22(21-8-4-5-9-23(21)27-24)25(29)28-12-6-7-19(15-28)18(3)26;;/h4-5,8-11,13-14,18-19H,6-7,12,15,26H2,1-3H3;2*1H. The molecule has 1 aliphatic heterocycles. The summed E-state index contributed by atoms with van der Waals surface area (Å²) in [5.41, 5.74) is 12.0. The average Bonchev–Trinajstić information content (AvgIpc) is 2.72. The molecule has 2 atom stereocenters. The zero-order valence-corrected chi connectivity index (χ0v) is 19.9. The summed E-state index contributed by atoms with van der Waals surface area (Å²) in [5, 5.41) is 0.911. The number of carbonyl (C=O) groups excluding carboxylic acids is 1. The first-order valence-corrected chi connectivity index (χ1v) is 10.5. The minimum absolute atomic E-state index is 0. The summed E-state index contributed by atoms with van der Waals surface area (Å²) in [6, 6.07) is 16.4. The molecule has 0 aliphatic carbocycles. The Balaban J connectivity index is 0.00000171. The molecule has 4 rings (SSSR count). The molecule has 0 radical (unpaired) electrons. The van der Waals surface area contributed by atoms with E-state index >= 15 is 0 Å². The number of aryl methyl sites for hydroxylation is 2. The number of benzene rings is 2. The molecule has 2 unspecified atom stereocenters. The number of pyridine rings is 1.